The normalized spacial score (nSPS) is 21.6. The zero-order valence-corrected chi connectivity index (χ0v) is 12.6. The van der Waals surface area contributed by atoms with Crippen molar-refractivity contribution in [2.45, 2.75) is 51.9 Å². The van der Waals surface area contributed by atoms with Crippen LogP contribution < -0.4 is 11.3 Å². The van der Waals surface area contributed by atoms with Crippen molar-refractivity contribution in [1.29, 1.82) is 5.26 Å². The highest BCUT2D eigenvalue weighted by atomic mass is 16.7. The second-order valence-electron chi connectivity index (χ2n) is 6.16. The van der Waals surface area contributed by atoms with Gasteiger partial charge in [-0.1, -0.05) is 6.07 Å². The van der Waals surface area contributed by atoms with Gasteiger partial charge >= 0.3 is 7.12 Å². The van der Waals surface area contributed by atoms with Crippen LogP contribution in [0.1, 0.15) is 51.9 Å². The number of nitrogens with two attached hydrogens (primary N) is 1. The van der Waals surface area contributed by atoms with Crippen LogP contribution in [0.25, 0.3) is 0 Å². The molecule has 0 aromatic carbocycles. The first-order valence-electron chi connectivity index (χ1n) is 6.70. The summed E-state index contributed by atoms with van der Waals surface area (Å²) in [4.78, 5) is 4.33. The van der Waals surface area contributed by atoms with E-state index in [9.17, 15) is 0 Å². The van der Waals surface area contributed by atoms with E-state index in [1.54, 1.807) is 6.07 Å². The van der Waals surface area contributed by atoms with Gasteiger partial charge in [0.15, 0.2) is 0 Å². The molecule has 1 aromatic rings. The van der Waals surface area contributed by atoms with Gasteiger partial charge in [-0.15, -0.1) is 0 Å². The van der Waals surface area contributed by atoms with Gasteiger partial charge in [0.05, 0.1) is 16.8 Å². The lowest BCUT2D eigenvalue weighted by atomic mass is 9.79. The highest BCUT2D eigenvalue weighted by Gasteiger charge is 2.53. The van der Waals surface area contributed by atoms with E-state index >= 15 is 0 Å². The molecule has 0 spiro atoms. The lowest BCUT2D eigenvalue weighted by Crippen LogP contribution is -2.41. The van der Waals surface area contributed by atoms with Gasteiger partial charge < -0.3 is 15.0 Å². The van der Waals surface area contributed by atoms with E-state index < -0.39 is 18.3 Å². The third kappa shape index (κ3) is 2.45. The molecule has 1 atom stereocenters. The maximum Gasteiger partial charge on any atom is 0.514 e. The number of nitrogens with zero attached hydrogens (tertiary/aromatic N) is 2. The Morgan fingerprint density at radius 1 is 1.25 bits per heavy atom. The molecule has 2 heterocycles. The van der Waals surface area contributed by atoms with Crippen LogP contribution in [-0.2, 0) is 9.31 Å². The van der Waals surface area contributed by atoms with Gasteiger partial charge in [-0.05, 0) is 46.2 Å². The quantitative estimate of drug-likeness (QED) is 0.821. The molecule has 0 aliphatic carbocycles. The topological polar surface area (TPSA) is 81.2 Å². The molecule has 1 fully saturated rings. The molecule has 1 aromatic heterocycles. The molecule has 0 amide bonds. The van der Waals surface area contributed by atoms with E-state index in [2.05, 4.69) is 4.98 Å². The average Bonchev–Trinajstić information content (AvgIpc) is 2.57. The van der Waals surface area contributed by atoms with Gasteiger partial charge in [0.1, 0.15) is 11.8 Å². The third-order valence-corrected chi connectivity index (χ3v) is 4.04. The first-order chi connectivity index (χ1) is 9.18. The van der Waals surface area contributed by atoms with Gasteiger partial charge in [-0.3, -0.25) is 0 Å². The summed E-state index contributed by atoms with van der Waals surface area (Å²) in [7, 11) is -0.603. The molecule has 1 unspecified atom stereocenters. The number of nitriles is 1. The predicted molar refractivity (Wildman–Crippen MR) is 77.3 cm³/mol. The van der Waals surface area contributed by atoms with Crippen molar-refractivity contribution in [2.24, 2.45) is 5.73 Å². The van der Waals surface area contributed by atoms with Crippen molar-refractivity contribution in [1.82, 2.24) is 4.98 Å². The van der Waals surface area contributed by atoms with E-state index in [-0.39, 0.29) is 6.04 Å². The Morgan fingerprint density at radius 2 is 1.80 bits per heavy atom. The molecule has 0 radical (unpaired) electrons. The van der Waals surface area contributed by atoms with Gasteiger partial charge in [-0.2, -0.15) is 5.26 Å². The summed E-state index contributed by atoms with van der Waals surface area (Å²) in [6.07, 6.45) is 0. The summed E-state index contributed by atoms with van der Waals surface area (Å²) >= 11 is 0. The molecular formula is C14H20BN3O2. The number of aromatic nitrogens is 1. The largest absolute Gasteiger partial charge is 0.514 e. The fraction of sp³-hybridized carbons (Fsp3) is 0.571. The zero-order valence-electron chi connectivity index (χ0n) is 12.6. The van der Waals surface area contributed by atoms with Crippen LogP contribution in [-0.4, -0.2) is 23.3 Å². The van der Waals surface area contributed by atoms with Crippen LogP contribution in [0.2, 0.25) is 0 Å². The predicted octanol–water partition coefficient (Wildman–Crippen LogP) is 1.27. The Labute approximate surface area is 120 Å². The summed E-state index contributed by atoms with van der Waals surface area (Å²) < 4.78 is 12.0. The minimum atomic E-state index is -0.603. The van der Waals surface area contributed by atoms with Gasteiger partial charge in [0, 0.05) is 6.04 Å². The van der Waals surface area contributed by atoms with E-state index in [0.29, 0.717) is 11.3 Å². The summed E-state index contributed by atoms with van der Waals surface area (Å²) in [5.74, 6) is 0. The minimum absolute atomic E-state index is 0.204. The van der Waals surface area contributed by atoms with Crippen LogP contribution in [0, 0.1) is 11.3 Å². The second-order valence-corrected chi connectivity index (χ2v) is 6.16. The smallest absolute Gasteiger partial charge is 0.398 e. The highest BCUT2D eigenvalue weighted by Crippen LogP contribution is 2.36. The summed E-state index contributed by atoms with van der Waals surface area (Å²) in [5, 5.41) is 9.01. The molecule has 5 nitrogen and oxygen atoms in total. The first kappa shape index (κ1) is 15.0. The van der Waals surface area contributed by atoms with Gasteiger partial charge in [-0.25, -0.2) is 4.98 Å². The molecular weight excluding hydrogens is 253 g/mol. The van der Waals surface area contributed by atoms with Crippen molar-refractivity contribution in [3.8, 4) is 6.07 Å². The van der Waals surface area contributed by atoms with E-state index in [0.717, 1.165) is 5.56 Å². The molecule has 1 aliphatic heterocycles. The molecule has 20 heavy (non-hydrogen) atoms. The average molecular weight is 273 g/mol. The van der Waals surface area contributed by atoms with E-state index in [1.165, 1.54) is 0 Å². The summed E-state index contributed by atoms with van der Waals surface area (Å²) in [5.41, 5.74) is 6.84. The molecule has 6 heteroatoms. The Morgan fingerprint density at radius 3 is 2.25 bits per heavy atom. The van der Waals surface area contributed by atoms with Crippen molar-refractivity contribution < 1.29 is 9.31 Å². The molecule has 1 aliphatic rings. The van der Waals surface area contributed by atoms with Crippen molar-refractivity contribution in [3.05, 3.63) is 23.4 Å². The Kier molecular flexibility index (Phi) is 3.63. The van der Waals surface area contributed by atoms with Crippen LogP contribution in [0.3, 0.4) is 0 Å². The standard InChI is InChI=1S/C14H20BN3O2/c1-9(17)11-7-6-10(8-16)18-12(11)15-19-13(2,3)14(4,5)20-15/h6-7,9H,17H2,1-5H3. The van der Waals surface area contributed by atoms with Gasteiger partial charge in [0.25, 0.3) is 0 Å². The number of hydrogen-bond acceptors (Lipinski definition) is 5. The van der Waals surface area contributed by atoms with Crippen molar-refractivity contribution in [3.63, 3.8) is 0 Å². The molecule has 0 bridgehead atoms. The summed E-state index contributed by atoms with van der Waals surface area (Å²) in [6, 6.07) is 5.31. The first-order valence-corrected chi connectivity index (χ1v) is 6.70. The second kappa shape index (κ2) is 4.85. The fourth-order valence-corrected chi connectivity index (χ4v) is 2.08. The van der Waals surface area contributed by atoms with Crippen LogP contribution in [0.4, 0.5) is 0 Å². The van der Waals surface area contributed by atoms with Crippen molar-refractivity contribution in [2.75, 3.05) is 0 Å². The highest BCUT2D eigenvalue weighted by molar-refractivity contribution is 6.61. The lowest BCUT2D eigenvalue weighted by molar-refractivity contribution is 0.00578. The van der Waals surface area contributed by atoms with Crippen LogP contribution in [0.15, 0.2) is 12.1 Å². The fourth-order valence-electron chi connectivity index (χ4n) is 2.08. The SMILES string of the molecule is CC(N)c1ccc(C#N)nc1B1OC(C)(C)C(C)(C)O1. The van der Waals surface area contributed by atoms with Crippen LogP contribution >= 0.6 is 0 Å². The Balaban J connectivity index is 2.46. The Hall–Kier alpha value is -1.42. The molecule has 1 saturated heterocycles. The molecule has 2 rings (SSSR count). The van der Waals surface area contributed by atoms with Gasteiger partial charge in [0.2, 0.25) is 0 Å². The number of hydrogen-bond donors (Lipinski definition) is 1. The number of pyridine rings is 1. The molecule has 106 valence electrons. The number of rotatable bonds is 2. The minimum Gasteiger partial charge on any atom is -0.398 e. The monoisotopic (exact) mass is 273 g/mol. The molecule has 0 saturated carbocycles. The van der Waals surface area contributed by atoms with E-state index in [1.807, 2.05) is 46.8 Å². The third-order valence-electron chi connectivity index (χ3n) is 4.04. The van der Waals surface area contributed by atoms with E-state index in [4.69, 9.17) is 20.3 Å². The van der Waals surface area contributed by atoms with Crippen LogP contribution in [0.5, 0.6) is 0 Å². The zero-order chi connectivity index (χ0) is 15.1. The maximum atomic E-state index is 9.01. The maximum absolute atomic E-state index is 9.01. The Bertz CT molecular complexity index is 548. The summed E-state index contributed by atoms with van der Waals surface area (Å²) in [6.45, 7) is 9.79. The molecule has 2 N–H and O–H groups in total. The lowest BCUT2D eigenvalue weighted by Gasteiger charge is -2.32. The van der Waals surface area contributed by atoms with Crippen molar-refractivity contribution >= 4 is 12.7 Å².